The molecule has 22 heavy (non-hydrogen) atoms. The van der Waals surface area contributed by atoms with Gasteiger partial charge in [-0.05, 0) is 19.4 Å². The van der Waals surface area contributed by atoms with Crippen molar-refractivity contribution in [3.8, 4) is 0 Å². The fourth-order valence-corrected chi connectivity index (χ4v) is 3.59. The number of imidazole rings is 1. The average Bonchev–Trinajstić information content (AvgIpc) is 3.18. The van der Waals surface area contributed by atoms with Crippen molar-refractivity contribution in [2.24, 2.45) is 5.73 Å². The Balaban J connectivity index is 1.66. The summed E-state index contributed by atoms with van der Waals surface area (Å²) in [4.78, 5) is 22.2. The number of hydrogen-bond acceptors (Lipinski definition) is 5. The summed E-state index contributed by atoms with van der Waals surface area (Å²) >= 11 is 1.62. The summed E-state index contributed by atoms with van der Waals surface area (Å²) < 4.78 is 2.19. The number of primary amides is 1. The van der Waals surface area contributed by atoms with E-state index in [0.717, 1.165) is 50.5 Å². The molecule has 0 bridgehead atoms. The minimum atomic E-state index is -0.229. The first-order chi connectivity index (χ1) is 10.7. The van der Waals surface area contributed by atoms with Gasteiger partial charge in [-0.25, -0.2) is 9.97 Å². The standard InChI is InChI=1S/C15H21N5OS/c16-14(21)3-6-19-5-1-2-12(8-19)15-17-4-7-20(15)9-13-10-22-11-18-13/h4,7,10-12H,1-3,5-6,8-9H2,(H2,16,21). The first-order valence-corrected chi connectivity index (χ1v) is 8.55. The SMILES string of the molecule is NC(=O)CCN1CCCC(c2nccn2Cc2cscn2)C1. The van der Waals surface area contributed by atoms with Crippen molar-refractivity contribution in [2.75, 3.05) is 19.6 Å². The zero-order valence-corrected chi connectivity index (χ0v) is 13.3. The van der Waals surface area contributed by atoms with Crippen molar-refractivity contribution in [1.29, 1.82) is 0 Å². The van der Waals surface area contributed by atoms with Gasteiger partial charge in [-0.2, -0.15) is 0 Å². The Morgan fingerprint density at radius 2 is 2.36 bits per heavy atom. The minimum Gasteiger partial charge on any atom is -0.370 e. The van der Waals surface area contributed by atoms with Crippen molar-refractivity contribution in [2.45, 2.75) is 31.7 Å². The molecule has 2 N–H and O–H groups in total. The smallest absolute Gasteiger partial charge is 0.218 e. The van der Waals surface area contributed by atoms with Crippen molar-refractivity contribution < 1.29 is 4.79 Å². The Morgan fingerprint density at radius 1 is 1.45 bits per heavy atom. The maximum absolute atomic E-state index is 11.0. The monoisotopic (exact) mass is 319 g/mol. The first-order valence-electron chi connectivity index (χ1n) is 7.61. The van der Waals surface area contributed by atoms with E-state index in [-0.39, 0.29) is 5.91 Å². The predicted molar refractivity (Wildman–Crippen MR) is 85.7 cm³/mol. The largest absolute Gasteiger partial charge is 0.370 e. The number of carbonyl (C=O) groups is 1. The van der Waals surface area contributed by atoms with E-state index < -0.39 is 0 Å². The molecule has 1 unspecified atom stereocenters. The summed E-state index contributed by atoms with van der Waals surface area (Å²) in [5, 5.41) is 2.07. The molecule has 2 aromatic heterocycles. The number of amides is 1. The van der Waals surface area contributed by atoms with E-state index >= 15 is 0 Å². The van der Waals surface area contributed by atoms with Gasteiger partial charge in [-0.15, -0.1) is 11.3 Å². The van der Waals surface area contributed by atoms with Crippen LogP contribution >= 0.6 is 11.3 Å². The quantitative estimate of drug-likeness (QED) is 0.874. The van der Waals surface area contributed by atoms with Crippen LogP contribution in [0.15, 0.2) is 23.3 Å². The lowest BCUT2D eigenvalue weighted by atomic mass is 9.97. The minimum absolute atomic E-state index is 0.229. The molecule has 0 aromatic carbocycles. The summed E-state index contributed by atoms with van der Waals surface area (Å²) in [5.74, 6) is 1.30. The fourth-order valence-electron chi connectivity index (χ4n) is 3.04. The molecule has 3 heterocycles. The van der Waals surface area contributed by atoms with Gasteiger partial charge in [0.25, 0.3) is 0 Å². The highest BCUT2D eigenvalue weighted by atomic mass is 32.1. The molecular weight excluding hydrogens is 298 g/mol. The Morgan fingerprint density at radius 3 is 3.14 bits per heavy atom. The molecule has 0 saturated carbocycles. The van der Waals surface area contributed by atoms with E-state index in [1.807, 2.05) is 17.9 Å². The van der Waals surface area contributed by atoms with E-state index in [9.17, 15) is 4.79 Å². The van der Waals surface area contributed by atoms with Gasteiger partial charge >= 0.3 is 0 Å². The molecule has 7 heteroatoms. The van der Waals surface area contributed by atoms with Gasteiger partial charge in [0.2, 0.25) is 5.91 Å². The second kappa shape index (κ2) is 7.02. The Kier molecular flexibility index (Phi) is 4.84. The lowest BCUT2D eigenvalue weighted by molar-refractivity contribution is -0.118. The van der Waals surface area contributed by atoms with Crippen LogP contribution in [0.4, 0.5) is 0 Å². The number of rotatable bonds is 6. The van der Waals surface area contributed by atoms with Crippen LogP contribution < -0.4 is 5.73 Å². The number of nitrogens with zero attached hydrogens (tertiary/aromatic N) is 4. The van der Waals surface area contributed by atoms with Gasteiger partial charge in [0, 0.05) is 43.2 Å². The average molecular weight is 319 g/mol. The van der Waals surface area contributed by atoms with Gasteiger partial charge in [-0.1, -0.05) is 0 Å². The van der Waals surface area contributed by atoms with Gasteiger partial charge in [0.15, 0.2) is 0 Å². The molecule has 0 radical (unpaired) electrons. The topological polar surface area (TPSA) is 77.0 Å². The first kappa shape index (κ1) is 15.2. The molecule has 1 saturated heterocycles. The predicted octanol–water partition coefficient (Wildman–Crippen LogP) is 1.44. The van der Waals surface area contributed by atoms with Crippen LogP contribution in [0.5, 0.6) is 0 Å². The molecular formula is C15H21N5OS. The van der Waals surface area contributed by atoms with E-state index in [4.69, 9.17) is 5.73 Å². The van der Waals surface area contributed by atoms with Crippen LogP contribution in [0, 0.1) is 0 Å². The molecule has 1 aliphatic heterocycles. The van der Waals surface area contributed by atoms with Crippen LogP contribution in [0.2, 0.25) is 0 Å². The summed E-state index contributed by atoms with van der Waals surface area (Å²) in [7, 11) is 0. The molecule has 0 spiro atoms. The Labute approximate surface area is 134 Å². The Bertz CT molecular complexity index is 609. The van der Waals surface area contributed by atoms with Crippen molar-refractivity contribution in [1.82, 2.24) is 19.4 Å². The normalized spacial score (nSPS) is 19.4. The van der Waals surface area contributed by atoms with Gasteiger partial charge in [0.05, 0.1) is 17.7 Å². The zero-order valence-electron chi connectivity index (χ0n) is 12.5. The number of piperidine rings is 1. The second-order valence-corrected chi connectivity index (χ2v) is 6.47. The zero-order chi connectivity index (χ0) is 15.4. The van der Waals surface area contributed by atoms with E-state index in [1.165, 1.54) is 0 Å². The molecule has 1 atom stereocenters. The lowest BCUT2D eigenvalue weighted by Gasteiger charge is -2.32. The van der Waals surface area contributed by atoms with Gasteiger partial charge < -0.3 is 15.2 Å². The molecule has 0 aliphatic carbocycles. The molecule has 2 aromatic rings. The number of nitrogens with two attached hydrogens (primary N) is 1. The number of hydrogen-bond donors (Lipinski definition) is 1. The van der Waals surface area contributed by atoms with Crippen LogP contribution in [0.1, 0.15) is 36.7 Å². The number of aromatic nitrogens is 3. The highest BCUT2D eigenvalue weighted by Crippen LogP contribution is 2.26. The van der Waals surface area contributed by atoms with Crippen molar-refractivity contribution in [3.63, 3.8) is 0 Å². The second-order valence-electron chi connectivity index (χ2n) is 5.75. The summed E-state index contributed by atoms with van der Waals surface area (Å²) in [6, 6.07) is 0. The van der Waals surface area contributed by atoms with Crippen molar-refractivity contribution >= 4 is 17.2 Å². The summed E-state index contributed by atoms with van der Waals surface area (Å²) in [5.41, 5.74) is 8.18. The maximum Gasteiger partial charge on any atom is 0.218 e. The molecule has 1 fully saturated rings. The van der Waals surface area contributed by atoms with Crippen LogP contribution in [0.3, 0.4) is 0 Å². The van der Waals surface area contributed by atoms with Gasteiger partial charge in [-0.3, -0.25) is 4.79 Å². The number of thiazole rings is 1. The summed E-state index contributed by atoms with van der Waals surface area (Å²) in [6.45, 7) is 3.51. The molecule has 1 amide bonds. The van der Waals surface area contributed by atoms with Crippen LogP contribution in [-0.4, -0.2) is 45.0 Å². The molecule has 6 nitrogen and oxygen atoms in total. The third kappa shape index (κ3) is 3.72. The Hall–Kier alpha value is -1.73. The highest BCUT2D eigenvalue weighted by molar-refractivity contribution is 7.07. The van der Waals surface area contributed by atoms with E-state index in [0.29, 0.717) is 12.3 Å². The highest BCUT2D eigenvalue weighted by Gasteiger charge is 2.24. The lowest BCUT2D eigenvalue weighted by Crippen LogP contribution is -2.37. The van der Waals surface area contributed by atoms with E-state index in [2.05, 4.69) is 24.8 Å². The number of carbonyl (C=O) groups excluding carboxylic acids is 1. The number of likely N-dealkylation sites (tertiary alicyclic amines) is 1. The van der Waals surface area contributed by atoms with E-state index in [1.54, 1.807) is 11.3 Å². The van der Waals surface area contributed by atoms with Crippen LogP contribution in [-0.2, 0) is 11.3 Å². The maximum atomic E-state index is 11.0. The third-order valence-electron chi connectivity index (χ3n) is 4.11. The van der Waals surface area contributed by atoms with Crippen LogP contribution in [0.25, 0.3) is 0 Å². The fraction of sp³-hybridized carbons (Fsp3) is 0.533. The molecule has 118 valence electrons. The van der Waals surface area contributed by atoms with Gasteiger partial charge in [0.1, 0.15) is 5.82 Å². The molecule has 3 rings (SSSR count). The van der Waals surface area contributed by atoms with Crippen molar-refractivity contribution in [3.05, 3.63) is 34.8 Å². The third-order valence-corrected chi connectivity index (χ3v) is 4.74. The summed E-state index contributed by atoms with van der Waals surface area (Å²) in [6.07, 6.45) is 6.59. The molecule has 1 aliphatic rings.